The first-order valence-corrected chi connectivity index (χ1v) is 5.67. The highest BCUT2D eigenvalue weighted by Crippen LogP contribution is 2.29. The van der Waals surface area contributed by atoms with Crippen LogP contribution in [-0.2, 0) is 6.42 Å². The zero-order valence-electron chi connectivity index (χ0n) is 9.52. The van der Waals surface area contributed by atoms with Crippen LogP contribution in [0.4, 0.5) is 0 Å². The molecule has 1 saturated carbocycles. The van der Waals surface area contributed by atoms with E-state index in [4.69, 9.17) is 9.94 Å². The molecule has 0 saturated heterocycles. The molecule has 1 aromatic rings. The van der Waals surface area contributed by atoms with Gasteiger partial charge in [0.25, 0.3) is 0 Å². The molecule has 86 valence electrons. The Labute approximate surface area is 95.7 Å². The SMILES string of the molecule is C/C(Cc1ccc(OCC2CC2)cc1)=N/O. The lowest BCUT2D eigenvalue weighted by Crippen LogP contribution is -2.00. The van der Waals surface area contributed by atoms with Crippen molar-refractivity contribution in [2.45, 2.75) is 26.2 Å². The van der Waals surface area contributed by atoms with Crippen molar-refractivity contribution in [3.8, 4) is 5.75 Å². The molecule has 1 aliphatic carbocycles. The lowest BCUT2D eigenvalue weighted by molar-refractivity contribution is 0.299. The van der Waals surface area contributed by atoms with Gasteiger partial charge in [0.2, 0.25) is 0 Å². The maximum atomic E-state index is 8.57. The molecule has 16 heavy (non-hydrogen) atoms. The van der Waals surface area contributed by atoms with E-state index in [0.717, 1.165) is 23.8 Å². The molecule has 0 aromatic heterocycles. The van der Waals surface area contributed by atoms with E-state index in [1.807, 2.05) is 24.3 Å². The van der Waals surface area contributed by atoms with Gasteiger partial charge in [-0.05, 0) is 43.4 Å². The molecule has 0 bridgehead atoms. The number of hydrogen-bond acceptors (Lipinski definition) is 3. The second-order valence-corrected chi connectivity index (χ2v) is 4.41. The number of rotatable bonds is 5. The lowest BCUT2D eigenvalue weighted by Gasteiger charge is -2.06. The molecule has 0 aliphatic heterocycles. The Morgan fingerprint density at radius 1 is 1.38 bits per heavy atom. The van der Waals surface area contributed by atoms with Gasteiger partial charge in [-0.1, -0.05) is 17.3 Å². The first kappa shape index (κ1) is 11.0. The minimum atomic E-state index is 0.680. The summed E-state index contributed by atoms with van der Waals surface area (Å²) in [5.41, 5.74) is 1.85. The van der Waals surface area contributed by atoms with Crippen molar-refractivity contribution in [3.63, 3.8) is 0 Å². The maximum Gasteiger partial charge on any atom is 0.119 e. The molecule has 0 unspecified atom stereocenters. The molecule has 0 amide bonds. The lowest BCUT2D eigenvalue weighted by atomic mass is 10.1. The fraction of sp³-hybridized carbons (Fsp3) is 0.462. The van der Waals surface area contributed by atoms with E-state index in [1.54, 1.807) is 6.92 Å². The number of hydrogen-bond donors (Lipinski definition) is 1. The van der Waals surface area contributed by atoms with Crippen molar-refractivity contribution >= 4 is 5.71 Å². The van der Waals surface area contributed by atoms with Crippen molar-refractivity contribution in [3.05, 3.63) is 29.8 Å². The fourth-order valence-electron chi connectivity index (χ4n) is 1.53. The van der Waals surface area contributed by atoms with E-state index >= 15 is 0 Å². The van der Waals surface area contributed by atoms with Gasteiger partial charge in [-0.2, -0.15) is 0 Å². The first-order chi connectivity index (χ1) is 7.78. The van der Waals surface area contributed by atoms with Crippen LogP contribution in [0.5, 0.6) is 5.75 Å². The Kier molecular flexibility index (Phi) is 3.44. The number of nitrogens with zero attached hydrogens (tertiary/aromatic N) is 1. The summed E-state index contributed by atoms with van der Waals surface area (Å²) in [5.74, 6) is 1.71. The van der Waals surface area contributed by atoms with Gasteiger partial charge in [0.1, 0.15) is 5.75 Å². The standard InChI is InChI=1S/C13H17NO2/c1-10(14-15)8-11-4-6-13(7-5-11)16-9-12-2-3-12/h4-7,12,15H,2-3,8-9H2,1H3/b14-10-. The van der Waals surface area contributed by atoms with Gasteiger partial charge in [-0.15, -0.1) is 0 Å². The summed E-state index contributed by atoms with van der Waals surface area (Å²) in [6.07, 6.45) is 3.30. The largest absolute Gasteiger partial charge is 0.493 e. The van der Waals surface area contributed by atoms with Crippen molar-refractivity contribution < 1.29 is 9.94 Å². The molecule has 3 heteroatoms. The second kappa shape index (κ2) is 5.01. The monoisotopic (exact) mass is 219 g/mol. The van der Waals surface area contributed by atoms with E-state index in [-0.39, 0.29) is 0 Å². The van der Waals surface area contributed by atoms with Crippen LogP contribution < -0.4 is 4.74 Å². The Bertz CT molecular complexity index is 366. The third-order valence-electron chi connectivity index (χ3n) is 2.74. The van der Waals surface area contributed by atoms with Crippen LogP contribution in [0.25, 0.3) is 0 Å². The summed E-state index contributed by atoms with van der Waals surface area (Å²) in [6, 6.07) is 7.97. The molecule has 2 rings (SSSR count). The minimum absolute atomic E-state index is 0.680. The summed E-state index contributed by atoms with van der Waals surface area (Å²) in [7, 11) is 0. The van der Waals surface area contributed by atoms with Crippen molar-refractivity contribution in [2.24, 2.45) is 11.1 Å². The average Bonchev–Trinajstić information content (AvgIpc) is 3.12. The van der Waals surface area contributed by atoms with Crippen LogP contribution in [0.2, 0.25) is 0 Å². The zero-order chi connectivity index (χ0) is 11.4. The summed E-state index contributed by atoms with van der Waals surface area (Å²) in [5, 5.41) is 11.7. The normalized spacial score (nSPS) is 16.2. The van der Waals surface area contributed by atoms with E-state index in [0.29, 0.717) is 12.1 Å². The number of ether oxygens (including phenoxy) is 1. The Morgan fingerprint density at radius 3 is 2.62 bits per heavy atom. The van der Waals surface area contributed by atoms with E-state index in [2.05, 4.69) is 5.16 Å². The molecule has 0 spiro atoms. The smallest absolute Gasteiger partial charge is 0.119 e. The van der Waals surface area contributed by atoms with Gasteiger partial charge >= 0.3 is 0 Å². The van der Waals surface area contributed by atoms with Gasteiger partial charge < -0.3 is 9.94 Å². The van der Waals surface area contributed by atoms with Crippen LogP contribution in [0.3, 0.4) is 0 Å². The average molecular weight is 219 g/mol. The predicted octanol–water partition coefficient (Wildman–Crippen LogP) is 2.87. The third kappa shape index (κ3) is 3.26. The molecule has 0 atom stereocenters. The fourth-order valence-corrected chi connectivity index (χ4v) is 1.53. The van der Waals surface area contributed by atoms with Gasteiger partial charge in [-0.3, -0.25) is 0 Å². The third-order valence-corrected chi connectivity index (χ3v) is 2.74. The molecular weight excluding hydrogens is 202 g/mol. The quantitative estimate of drug-likeness (QED) is 0.470. The topological polar surface area (TPSA) is 41.8 Å². The molecule has 1 fully saturated rings. The summed E-state index contributed by atoms with van der Waals surface area (Å²) < 4.78 is 5.64. The highest BCUT2D eigenvalue weighted by atomic mass is 16.5. The van der Waals surface area contributed by atoms with Gasteiger partial charge in [0.15, 0.2) is 0 Å². The van der Waals surface area contributed by atoms with Gasteiger partial charge in [0, 0.05) is 6.42 Å². The second-order valence-electron chi connectivity index (χ2n) is 4.41. The Morgan fingerprint density at radius 2 is 2.06 bits per heavy atom. The van der Waals surface area contributed by atoms with Crippen LogP contribution in [0, 0.1) is 5.92 Å². The highest BCUT2D eigenvalue weighted by Gasteiger charge is 2.21. The number of oxime groups is 1. The molecule has 3 nitrogen and oxygen atoms in total. The molecule has 1 aromatic carbocycles. The minimum Gasteiger partial charge on any atom is -0.493 e. The van der Waals surface area contributed by atoms with E-state index in [9.17, 15) is 0 Å². The summed E-state index contributed by atoms with van der Waals surface area (Å²) in [6.45, 7) is 2.65. The van der Waals surface area contributed by atoms with Crippen LogP contribution >= 0.6 is 0 Å². The Balaban J connectivity index is 1.87. The zero-order valence-corrected chi connectivity index (χ0v) is 9.52. The molecule has 0 heterocycles. The molecule has 1 aliphatic rings. The van der Waals surface area contributed by atoms with E-state index in [1.165, 1.54) is 12.8 Å². The molecule has 0 radical (unpaired) electrons. The van der Waals surface area contributed by atoms with E-state index < -0.39 is 0 Å². The van der Waals surface area contributed by atoms with Crippen LogP contribution in [0.15, 0.2) is 29.4 Å². The van der Waals surface area contributed by atoms with Crippen molar-refractivity contribution in [2.75, 3.05) is 6.61 Å². The summed E-state index contributed by atoms with van der Waals surface area (Å²) >= 11 is 0. The summed E-state index contributed by atoms with van der Waals surface area (Å²) in [4.78, 5) is 0. The number of benzene rings is 1. The van der Waals surface area contributed by atoms with Gasteiger partial charge in [0.05, 0.1) is 12.3 Å². The Hall–Kier alpha value is -1.51. The highest BCUT2D eigenvalue weighted by molar-refractivity contribution is 5.83. The first-order valence-electron chi connectivity index (χ1n) is 5.67. The molecule has 1 N–H and O–H groups in total. The maximum absolute atomic E-state index is 8.57. The van der Waals surface area contributed by atoms with Gasteiger partial charge in [-0.25, -0.2) is 0 Å². The van der Waals surface area contributed by atoms with Crippen LogP contribution in [-0.4, -0.2) is 17.5 Å². The van der Waals surface area contributed by atoms with Crippen molar-refractivity contribution in [1.29, 1.82) is 0 Å². The predicted molar refractivity (Wildman–Crippen MR) is 63.3 cm³/mol. The van der Waals surface area contributed by atoms with Crippen LogP contribution in [0.1, 0.15) is 25.3 Å². The molecular formula is C13H17NO2. The van der Waals surface area contributed by atoms with Crippen molar-refractivity contribution in [1.82, 2.24) is 0 Å².